The van der Waals surface area contributed by atoms with Crippen LogP contribution in [0.4, 0.5) is 5.82 Å². The summed E-state index contributed by atoms with van der Waals surface area (Å²) in [4.78, 5) is 21.8. The average Bonchev–Trinajstić information content (AvgIpc) is 3.07. The summed E-state index contributed by atoms with van der Waals surface area (Å²) in [6, 6.07) is 3.97. The van der Waals surface area contributed by atoms with Crippen molar-refractivity contribution in [3.63, 3.8) is 0 Å². The number of likely N-dealkylation sites (tertiary alicyclic amines) is 1. The predicted octanol–water partition coefficient (Wildman–Crippen LogP) is 3.88. The van der Waals surface area contributed by atoms with Gasteiger partial charge in [-0.15, -0.1) is 0 Å². The molecule has 0 unspecified atom stereocenters. The van der Waals surface area contributed by atoms with Crippen LogP contribution in [-0.2, 0) is 4.74 Å². The van der Waals surface area contributed by atoms with Crippen molar-refractivity contribution in [3.05, 3.63) is 23.9 Å². The Morgan fingerprint density at radius 3 is 2.48 bits per heavy atom. The van der Waals surface area contributed by atoms with E-state index in [4.69, 9.17) is 4.74 Å². The van der Waals surface area contributed by atoms with E-state index in [-0.39, 0.29) is 17.1 Å². The zero-order valence-electron chi connectivity index (χ0n) is 17.0. The lowest BCUT2D eigenvalue weighted by molar-refractivity contribution is -0.148. The molecule has 1 saturated carbocycles. The monoisotopic (exact) mass is 371 g/mol. The molecule has 5 heteroatoms. The lowest BCUT2D eigenvalue weighted by Crippen LogP contribution is -2.59. The normalized spacial score (nSPS) is 25.1. The first-order chi connectivity index (χ1) is 12.9. The van der Waals surface area contributed by atoms with Gasteiger partial charge < -0.3 is 14.5 Å². The summed E-state index contributed by atoms with van der Waals surface area (Å²) in [5, 5.41) is 0. The van der Waals surface area contributed by atoms with Crippen molar-refractivity contribution in [2.75, 3.05) is 31.1 Å². The Kier molecular flexibility index (Phi) is 4.91. The number of amides is 1. The van der Waals surface area contributed by atoms with E-state index in [1.807, 2.05) is 17.0 Å². The Bertz CT molecular complexity index is 671. The van der Waals surface area contributed by atoms with Gasteiger partial charge in [-0.3, -0.25) is 4.79 Å². The molecule has 1 amide bonds. The van der Waals surface area contributed by atoms with Crippen LogP contribution in [-0.4, -0.2) is 53.2 Å². The van der Waals surface area contributed by atoms with Gasteiger partial charge in [-0.25, -0.2) is 4.98 Å². The van der Waals surface area contributed by atoms with E-state index >= 15 is 0 Å². The standard InChI is InChI=1S/C22H33N3O2/c1-17-8-12-24(13-9-17)20(26)18-6-7-19(23-14-18)25-15-21(2,3)27-22(16-25)10-4-5-11-22/h6-7,14,17H,4-5,8-13,15-16H2,1-3H3. The molecule has 1 aromatic rings. The van der Waals surface area contributed by atoms with Crippen LogP contribution in [0.1, 0.15) is 69.7 Å². The lowest BCUT2D eigenvalue weighted by Gasteiger charge is -2.49. The number of hydrogen-bond donors (Lipinski definition) is 0. The molecule has 5 nitrogen and oxygen atoms in total. The predicted molar refractivity (Wildman–Crippen MR) is 107 cm³/mol. The molecular formula is C22H33N3O2. The minimum atomic E-state index is -0.177. The van der Waals surface area contributed by atoms with Crippen LogP contribution >= 0.6 is 0 Å². The van der Waals surface area contributed by atoms with Crippen LogP contribution in [0.25, 0.3) is 0 Å². The molecule has 0 aromatic carbocycles. The molecule has 4 rings (SSSR count). The van der Waals surface area contributed by atoms with Crippen LogP contribution in [0, 0.1) is 5.92 Å². The zero-order chi connectivity index (χ0) is 19.1. The molecular weight excluding hydrogens is 338 g/mol. The number of pyridine rings is 1. The fraction of sp³-hybridized carbons (Fsp3) is 0.727. The third kappa shape index (κ3) is 3.98. The molecule has 0 N–H and O–H groups in total. The van der Waals surface area contributed by atoms with Crippen molar-refractivity contribution in [2.45, 2.75) is 70.5 Å². The molecule has 1 aliphatic carbocycles. The molecule has 0 bridgehead atoms. The molecule has 2 aliphatic heterocycles. The van der Waals surface area contributed by atoms with Gasteiger partial charge >= 0.3 is 0 Å². The Morgan fingerprint density at radius 1 is 1.15 bits per heavy atom. The van der Waals surface area contributed by atoms with Crippen LogP contribution < -0.4 is 4.90 Å². The number of nitrogens with zero attached hydrogens (tertiary/aromatic N) is 3. The number of anilines is 1. The van der Waals surface area contributed by atoms with Crippen molar-refractivity contribution < 1.29 is 9.53 Å². The first kappa shape index (κ1) is 18.7. The fourth-order valence-electron chi connectivity index (χ4n) is 5.05. The molecule has 2 saturated heterocycles. The number of ether oxygens (including phenoxy) is 1. The van der Waals surface area contributed by atoms with Crippen LogP contribution in [0.3, 0.4) is 0 Å². The largest absolute Gasteiger partial charge is 0.365 e. The second-order valence-corrected chi connectivity index (χ2v) is 9.49. The van der Waals surface area contributed by atoms with E-state index in [0.29, 0.717) is 5.56 Å². The maximum Gasteiger partial charge on any atom is 0.255 e. The van der Waals surface area contributed by atoms with E-state index in [1.165, 1.54) is 12.8 Å². The van der Waals surface area contributed by atoms with Gasteiger partial charge in [0.25, 0.3) is 5.91 Å². The second-order valence-electron chi connectivity index (χ2n) is 9.49. The number of morpholine rings is 1. The van der Waals surface area contributed by atoms with Gasteiger partial charge in [0.15, 0.2) is 0 Å². The van der Waals surface area contributed by atoms with Gasteiger partial charge in [0, 0.05) is 32.4 Å². The first-order valence-corrected chi connectivity index (χ1v) is 10.6. The molecule has 27 heavy (non-hydrogen) atoms. The van der Waals surface area contributed by atoms with E-state index in [1.54, 1.807) is 6.20 Å². The number of hydrogen-bond acceptors (Lipinski definition) is 4. The van der Waals surface area contributed by atoms with E-state index in [2.05, 4.69) is 30.7 Å². The van der Waals surface area contributed by atoms with Gasteiger partial charge in [-0.2, -0.15) is 0 Å². The van der Waals surface area contributed by atoms with Crippen molar-refractivity contribution in [3.8, 4) is 0 Å². The smallest absolute Gasteiger partial charge is 0.255 e. The summed E-state index contributed by atoms with van der Waals surface area (Å²) in [5.41, 5.74) is 0.502. The summed E-state index contributed by atoms with van der Waals surface area (Å²) in [7, 11) is 0. The summed E-state index contributed by atoms with van der Waals surface area (Å²) in [6.07, 6.45) is 8.73. The van der Waals surface area contributed by atoms with E-state index in [0.717, 1.165) is 63.6 Å². The molecule has 1 spiro atoms. The summed E-state index contributed by atoms with van der Waals surface area (Å²) >= 11 is 0. The molecule has 0 radical (unpaired) electrons. The maximum atomic E-state index is 12.8. The minimum absolute atomic E-state index is 0.0254. The van der Waals surface area contributed by atoms with Crippen molar-refractivity contribution in [1.82, 2.24) is 9.88 Å². The zero-order valence-corrected chi connectivity index (χ0v) is 17.0. The first-order valence-electron chi connectivity index (χ1n) is 10.6. The Hall–Kier alpha value is -1.62. The Labute approximate surface area is 163 Å². The molecule has 3 aliphatic rings. The van der Waals surface area contributed by atoms with Crippen LogP contribution in [0.2, 0.25) is 0 Å². The maximum absolute atomic E-state index is 12.8. The Balaban J connectivity index is 1.47. The number of carbonyl (C=O) groups is 1. The Morgan fingerprint density at radius 2 is 1.85 bits per heavy atom. The molecule has 1 aromatic heterocycles. The quantitative estimate of drug-likeness (QED) is 0.791. The van der Waals surface area contributed by atoms with Crippen LogP contribution in [0.15, 0.2) is 18.3 Å². The second kappa shape index (κ2) is 7.08. The van der Waals surface area contributed by atoms with Gasteiger partial charge in [0.2, 0.25) is 0 Å². The van der Waals surface area contributed by atoms with Gasteiger partial charge in [0.1, 0.15) is 5.82 Å². The number of carbonyl (C=O) groups excluding carboxylic acids is 1. The SMILES string of the molecule is CC1CCN(C(=O)c2ccc(N3CC(C)(C)OC4(CCCC4)C3)nc2)CC1. The third-order valence-corrected chi connectivity index (χ3v) is 6.45. The van der Waals surface area contributed by atoms with Crippen molar-refractivity contribution in [1.29, 1.82) is 0 Å². The molecule has 0 atom stereocenters. The highest BCUT2D eigenvalue weighted by Crippen LogP contribution is 2.41. The summed E-state index contributed by atoms with van der Waals surface area (Å²) in [5.74, 6) is 1.80. The minimum Gasteiger partial charge on any atom is -0.365 e. The molecule has 148 valence electrons. The third-order valence-electron chi connectivity index (χ3n) is 6.45. The molecule has 3 fully saturated rings. The number of rotatable bonds is 2. The summed E-state index contributed by atoms with van der Waals surface area (Å²) < 4.78 is 6.49. The van der Waals surface area contributed by atoms with E-state index < -0.39 is 0 Å². The van der Waals surface area contributed by atoms with E-state index in [9.17, 15) is 4.79 Å². The lowest BCUT2D eigenvalue weighted by atomic mass is 9.94. The van der Waals surface area contributed by atoms with Gasteiger partial charge in [-0.1, -0.05) is 19.8 Å². The average molecular weight is 372 g/mol. The van der Waals surface area contributed by atoms with Crippen LogP contribution in [0.5, 0.6) is 0 Å². The highest BCUT2D eigenvalue weighted by atomic mass is 16.5. The fourth-order valence-corrected chi connectivity index (χ4v) is 5.05. The van der Waals surface area contributed by atoms with Crippen molar-refractivity contribution in [2.24, 2.45) is 5.92 Å². The van der Waals surface area contributed by atoms with Gasteiger partial charge in [0.05, 0.1) is 16.8 Å². The number of piperidine rings is 1. The summed E-state index contributed by atoms with van der Waals surface area (Å²) in [6.45, 7) is 10.1. The number of aromatic nitrogens is 1. The highest BCUT2D eigenvalue weighted by Gasteiger charge is 2.46. The molecule has 3 heterocycles. The highest BCUT2D eigenvalue weighted by molar-refractivity contribution is 5.94. The van der Waals surface area contributed by atoms with Gasteiger partial charge in [-0.05, 0) is 57.6 Å². The van der Waals surface area contributed by atoms with Crippen molar-refractivity contribution >= 4 is 11.7 Å². The topological polar surface area (TPSA) is 45.7 Å².